The van der Waals surface area contributed by atoms with E-state index in [1.807, 2.05) is 0 Å². The van der Waals surface area contributed by atoms with Crippen LogP contribution in [0.5, 0.6) is 5.75 Å². The number of alkyl halides is 5. The molecule has 0 bridgehead atoms. The van der Waals surface area contributed by atoms with Gasteiger partial charge >= 0.3 is 6.36 Å². The number of aromatic nitrogens is 1. The predicted octanol–water partition coefficient (Wildman–Crippen LogP) is 4.33. The van der Waals surface area contributed by atoms with E-state index >= 15 is 0 Å². The maximum absolute atomic E-state index is 12.5. The van der Waals surface area contributed by atoms with Crippen LogP contribution in [0.4, 0.5) is 22.0 Å². The summed E-state index contributed by atoms with van der Waals surface area (Å²) in [5.74, 6) is -1.13. The van der Waals surface area contributed by atoms with Crippen LogP contribution in [0.3, 0.4) is 0 Å². The molecule has 0 radical (unpaired) electrons. The largest absolute Gasteiger partial charge is 0.573 e. The number of pyridine rings is 1. The summed E-state index contributed by atoms with van der Waals surface area (Å²) in [4.78, 5) is 3.33. The van der Waals surface area contributed by atoms with Gasteiger partial charge in [0.1, 0.15) is 4.60 Å². The van der Waals surface area contributed by atoms with Gasteiger partial charge in [-0.1, -0.05) is 11.6 Å². The number of rotatable bonds is 2. The normalized spacial score (nSPS) is 12.0. The van der Waals surface area contributed by atoms with Crippen LogP contribution in [0.15, 0.2) is 10.8 Å². The summed E-state index contributed by atoms with van der Waals surface area (Å²) >= 11 is 7.89. The van der Waals surface area contributed by atoms with E-state index in [1.165, 1.54) is 0 Å². The van der Waals surface area contributed by atoms with E-state index in [0.29, 0.717) is 0 Å². The SMILES string of the molecule is FC(F)c1c(Cl)cnc(Br)c1OC(F)(F)F. The van der Waals surface area contributed by atoms with E-state index in [9.17, 15) is 22.0 Å². The topological polar surface area (TPSA) is 22.1 Å². The molecule has 0 saturated carbocycles. The lowest BCUT2D eigenvalue weighted by Crippen LogP contribution is -2.19. The molecule has 9 heteroatoms. The van der Waals surface area contributed by atoms with E-state index in [4.69, 9.17) is 11.6 Å². The summed E-state index contributed by atoms with van der Waals surface area (Å²) in [6.07, 6.45) is -7.50. The highest BCUT2D eigenvalue weighted by molar-refractivity contribution is 9.10. The maximum Gasteiger partial charge on any atom is 0.573 e. The van der Waals surface area contributed by atoms with Crippen molar-refractivity contribution < 1.29 is 26.7 Å². The average Bonchev–Trinajstić information content (AvgIpc) is 2.08. The third kappa shape index (κ3) is 3.18. The molecule has 0 N–H and O–H groups in total. The first-order chi connectivity index (χ1) is 7.22. The first-order valence-electron chi connectivity index (χ1n) is 3.60. The molecule has 0 amide bonds. The fourth-order valence-corrected chi connectivity index (χ4v) is 1.49. The second-order valence-corrected chi connectivity index (χ2v) is 3.65. The van der Waals surface area contributed by atoms with Crippen LogP contribution in [-0.2, 0) is 0 Å². The van der Waals surface area contributed by atoms with E-state index in [-0.39, 0.29) is 0 Å². The highest BCUT2D eigenvalue weighted by atomic mass is 79.9. The van der Waals surface area contributed by atoms with Crippen molar-refractivity contribution in [1.29, 1.82) is 0 Å². The molecule has 0 aliphatic carbocycles. The first kappa shape index (κ1) is 13.4. The molecule has 1 aromatic heterocycles. The van der Waals surface area contributed by atoms with Gasteiger partial charge in [-0.25, -0.2) is 13.8 Å². The van der Waals surface area contributed by atoms with Gasteiger partial charge in [0.2, 0.25) is 0 Å². The number of halogens is 7. The van der Waals surface area contributed by atoms with Crippen LogP contribution in [0.2, 0.25) is 5.02 Å². The minimum Gasteiger partial charge on any atom is -0.402 e. The number of hydrogen-bond acceptors (Lipinski definition) is 2. The van der Waals surface area contributed by atoms with Crippen molar-refractivity contribution in [3.05, 3.63) is 21.4 Å². The van der Waals surface area contributed by atoms with Gasteiger partial charge in [-0.05, 0) is 15.9 Å². The lowest BCUT2D eigenvalue weighted by Gasteiger charge is -2.14. The van der Waals surface area contributed by atoms with E-state index in [0.717, 1.165) is 6.20 Å². The molecule has 0 saturated heterocycles. The summed E-state index contributed by atoms with van der Waals surface area (Å²) in [5, 5.41) is -0.600. The molecule has 2 nitrogen and oxygen atoms in total. The lowest BCUT2D eigenvalue weighted by molar-refractivity contribution is -0.275. The van der Waals surface area contributed by atoms with Gasteiger partial charge in [-0.2, -0.15) is 0 Å². The molecule has 1 heterocycles. The fraction of sp³-hybridized carbons (Fsp3) is 0.286. The molecule has 0 aromatic carbocycles. The molecule has 0 atom stereocenters. The molecule has 1 rings (SSSR count). The first-order valence-corrected chi connectivity index (χ1v) is 4.77. The van der Waals surface area contributed by atoms with E-state index in [1.54, 1.807) is 0 Å². The summed E-state index contributed by atoms with van der Waals surface area (Å²) in [7, 11) is 0. The van der Waals surface area contributed by atoms with E-state index in [2.05, 4.69) is 25.7 Å². The van der Waals surface area contributed by atoms with E-state index < -0.39 is 33.7 Å². The molecule has 90 valence electrons. The minimum atomic E-state index is -5.10. The molecule has 0 spiro atoms. The third-order valence-electron chi connectivity index (χ3n) is 1.42. The standard InChI is InChI=1S/C7H2BrClF5NO/c8-5-4(16-7(12,13)14)3(6(10)11)2(9)1-15-5/h1,6H. The predicted molar refractivity (Wildman–Crippen MR) is 48.6 cm³/mol. The van der Waals surface area contributed by atoms with Gasteiger partial charge in [0.15, 0.2) is 5.75 Å². The van der Waals surface area contributed by atoms with Crippen LogP contribution in [0.1, 0.15) is 12.0 Å². The Morgan fingerprint density at radius 2 is 1.94 bits per heavy atom. The van der Waals surface area contributed by atoms with Crippen LogP contribution in [0.25, 0.3) is 0 Å². The fourth-order valence-electron chi connectivity index (χ4n) is 0.877. The Morgan fingerprint density at radius 1 is 1.38 bits per heavy atom. The third-order valence-corrected chi connectivity index (χ3v) is 2.28. The maximum atomic E-state index is 12.5. The molecule has 16 heavy (non-hydrogen) atoms. The molecule has 0 unspecified atom stereocenters. The molecular weight excluding hydrogens is 324 g/mol. The summed E-state index contributed by atoms with van der Waals surface area (Å²) in [5.41, 5.74) is -1.05. The summed E-state index contributed by atoms with van der Waals surface area (Å²) in [6.45, 7) is 0. The molecule has 0 fully saturated rings. The summed E-state index contributed by atoms with van der Waals surface area (Å²) in [6, 6.07) is 0. The van der Waals surface area contributed by atoms with Crippen molar-refractivity contribution in [2.24, 2.45) is 0 Å². The second-order valence-electron chi connectivity index (χ2n) is 2.49. The molecule has 0 aliphatic rings. The number of ether oxygens (including phenoxy) is 1. The van der Waals surface area contributed by atoms with Crippen molar-refractivity contribution in [2.75, 3.05) is 0 Å². The van der Waals surface area contributed by atoms with Gasteiger partial charge in [0, 0.05) is 6.20 Å². The highest BCUT2D eigenvalue weighted by Gasteiger charge is 2.35. The Hall–Kier alpha value is -0.630. The lowest BCUT2D eigenvalue weighted by atomic mass is 10.2. The van der Waals surface area contributed by atoms with Crippen LogP contribution in [-0.4, -0.2) is 11.3 Å². The van der Waals surface area contributed by atoms with Crippen molar-refractivity contribution in [3.63, 3.8) is 0 Å². The Balaban J connectivity index is 3.29. The van der Waals surface area contributed by atoms with Gasteiger partial charge in [0.25, 0.3) is 6.43 Å². The van der Waals surface area contributed by atoms with Gasteiger partial charge in [0.05, 0.1) is 10.6 Å². The van der Waals surface area contributed by atoms with Gasteiger partial charge in [-0.3, -0.25) is 0 Å². The van der Waals surface area contributed by atoms with Crippen molar-refractivity contribution >= 4 is 27.5 Å². The zero-order valence-corrected chi connectivity index (χ0v) is 9.50. The summed E-state index contributed by atoms with van der Waals surface area (Å²) < 4.78 is 63.7. The molecule has 0 aliphatic heterocycles. The van der Waals surface area contributed by atoms with Crippen LogP contribution < -0.4 is 4.74 Å². The molecular formula is C7H2BrClF5NO. The monoisotopic (exact) mass is 325 g/mol. The van der Waals surface area contributed by atoms with Gasteiger partial charge in [-0.15, -0.1) is 13.2 Å². The van der Waals surface area contributed by atoms with Crippen LogP contribution in [0, 0.1) is 0 Å². The zero-order chi connectivity index (χ0) is 12.5. The quantitative estimate of drug-likeness (QED) is 0.596. The van der Waals surface area contributed by atoms with Gasteiger partial charge < -0.3 is 4.74 Å². The average molecular weight is 326 g/mol. The smallest absolute Gasteiger partial charge is 0.402 e. The Kier molecular flexibility index (Phi) is 3.95. The zero-order valence-electron chi connectivity index (χ0n) is 7.16. The molecule has 1 aromatic rings. The number of hydrogen-bond donors (Lipinski definition) is 0. The van der Waals surface area contributed by atoms with Crippen molar-refractivity contribution in [2.45, 2.75) is 12.8 Å². The van der Waals surface area contributed by atoms with Crippen LogP contribution >= 0.6 is 27.5 Å². The van der Waals surface area contributed by atoms with Crippen molar-refractivity contribution in [1.82, 2.24) is 4.98 Å². The second kappa shape index (κ2) is 4.70. The Bertz CT molecular complexity index is 397. The Labute approximate surface area is 99.5 Å². The number of nitrogens with zero attached hydrogens (tertiary/aromatic N) is 1. The Morgan fingerprint density at radius 3 is 2.38 bits per heavy atom. The van der Waals surface area contributed by atoms with Crippen molar-refractivity contribution in [3.8, 4) is 5.75 Å². The highest BCUT2D eigenvalue weighted by Crippen LogP contribution is 2.41. The minimum absolute atomic E-state index is 0.496.